The van der Waals surface area contributed by atoms with Gasteiger partial charge in [-0.2, -0.15) is 0 Å². The third-order valence-corrected chi connectivity index (χ3v) is 4.73. The van der Waals surface area contributed by atoms with E-state index in [9.17, 15) is 4.79 Å². The zero-order valence-corrected chi connectivity index (χ0v) is 16.0. The van der Waals surface area contributed by atoms with Gasteiger partial charge in [0.2, 0.25) is 5.91 Å². The number of hydrogen-bond donors (Lipinski definition) is 1. The van der Waals surface area contributed by atoms with E-state index in [2.05, 4.69) is 35.3 Å². The van der Waals surface area contributed by atoms with Gasteiger partial charge in [-0.15, -0.1) is 0 Å². The summed E-state index contributed by atoms with van der Waals surface area (Å²) in [7, 11) is 3.94. The smallest absolute Gasteiger partial charge is 0.221 e. The van der Waals surface area contributed by atoms with Crippen molar-refractivity contribution in [3.05, 3.63) is 29.8 Å². The first-order chi connectivity index (χ1) is 12.1. The predicted octanol–water partition coefficient (Wildman–Crippen LogP) is 2.68. The maximum absolute atomic E-state index is 11.6. The van der Waals surface area contributed by atoms with Crippen LogP contribution in [0.5, 0.6) is 5.75 Å². The van der Waals surface area contributed by atoms with E-state index in [1.165, 1.54) is 31.5 Å². The Morgan fingerprint density at radius 3 is 2.80 bits per heavy atom. The number of amides is 1. The molecule has 140 valence electrons. The highest BCUT2D eigenvalue weighted by molar-refractivity contribution is 5.75. The maximum Gasteiger partial charge on any atom is 0.221 e. The summed E-state index contributed by atoms with van der Waals surface area (Å²) in [5.41, 5.74) is 1.32. The molecule has 5 nitrogen and oxygen atoms in total. The van der Waals surface area contributed by atoms with Crippen LogP contribution in [-0.2, 0) is 4.79 Å². The number of likely N-dealkylation sites (tertiary alicyclic amines) is 1. The summed E-state index contributed by atoms with van der Waals surface area (Å²) in [4.78, 5) is 16.2. The topological polar surface area (TPSA) is 44.8 Å². The van der Waals surface area contributed by atoms with Crippen molar-refractivity contribution in [3.63, 3.8) is 0 Å². The molecular formula is C20H33N3O2. The van der Waals surface area contributed by atoms with Crippen LogP contribution in [0.2, 0.25) is 0 Å². The Morgan fingerprint density at radius 2 is 2.08 bits per heavy atom. The lowest BCUT2D eigenvalue weighted by atomic mass is 10.1. The maximum atomic E-state index is 11.6. The first-order valence-corrected chi connectivity index (χ1v) is 9.44. The van der Waals surface area contributed by atoms with Crippen LogP contribution in [-0.4, -0.2) is 62.6 Å². The van der Waals surface area contributed by atoms with Gasteiger partial charge in [0.25, 0.3) is 0 Å². The van der Waals surface area contributed by atoms with E-state index >= 15 is 0 Å². The Hall–Kier alpha value is -1.59. The highest BCUT2D eigenvalue weighted by Crippen LogP contribution is 2.26. The molecule has 0 aliphatic carbocycles. The van der Waals surface area contributed by atoms with Crippen LogP contribution in [0.15, 0.2) is 24.3 Å². The van der Waals surface area contributed by atoms with Crippen molar-refractivity contribution < 1.29 is 9.53 Å². The van der Waals surface area contributed by atoms with E-state index < -0.39 is 0 Å². The van der Waals surface area contributed by atoms with Gasteiger partial charge < -0.3 is 15.0 Å². The molecule has 1 unspecified atom stereocenters. The molecular weight excluding hydrogens is 314 g/mol. The van der Waals surface area contributed by atoms with Gasteiger partial charge in [-0.05, 0) is 71.1 Å². The normalized spacial score (nSPS) is 16.2. The third-order valence-electron chi connectivity index (χ3n) is 4.73. The molecule has 5 heteroatoms. The van der Waals surface area contributed by atoms with Crippen LogP contribution in [0.4, 0.5) is 0 Å². The largest absolute Gasteiger partial charge is 0.494 e. The standard InChI is InChI=1S/C20H33N3O2/c1-17(23-12-4-5-13-23)18-8-6-9-19(16-18)25-15-7-11-21-20(24)10-14-22(2)3/h6,8-9,16-17H,4-5,7,10-15H2,1-3H3,(H,21,24). The molecule has 1 atom stereocenters. The van der Waals surface area contributed by atoms with Crippen molar-refractivity contribution >= 4 is 5.91 Å². The molecule has 0 aromatic heterocycles. The third kappa shape index (κ3) is 7.04. The van der Waals surface area contributed by atoms with Gasteiger partial charge in [-0.1, -0.05) is 12.1 Å². The number of carbonyl (C=O) groups excluding carboxylic acids is 1. The Kier molecular flexibility index (Phi) is 8.22. The highest BCUT2D eigenvalue weighted by Gasteiger charge is 2.19. The summed E-state index contributed by atoms with van der Waals surface area (Å²) in [6.07, 6.45) is 3.98. The first kappa shape index (κ1) is 19.7. The Morgan fingerprint density at radius 1 is 1.32 bits per heavy atom. The summed E-state index contributed by atoms with van der Waals surface area (Å²) < 4.78 is 5.86. The zero-order chi connectivity index (χ0) is 18.1. The molecule has 1 fully saturated rings. The lowest BCUT2D eigenvalue weighted by Crippen LogP contribution is -2.28. The minimum absolute atomic E-state index is 0.107. The van der Waals surface area contributed by atoms with Crippen molar-refractivity contribution in [1.29, 1.82) is 0 Å². The number of rotatable bonds is 10. The molecule has 0 radical (unpaired) electrons. The number of ether oxygens (including phenoxy) is 1. The summed E-state index contributed by atoms with van der Waals surface area (Å²) in [6.45, 7) is 6.73. The van der Waals surface area contributed by atoms with Crippen molar-refractivity contribution in [2.75, 3.05) is 46.9 Å². The molecule has 1 aliphatic rings. The average Bonchev–Trinajstić information content (AvgIpc) is 3.14. The summed E-state index contributed by atoms with van der Waals surface area (Å²) in [5.74, 6) is 1.03. The summed E-state index contributed by atoms with van der Waals surface area (Å²) >= 11 is 0. The Labute approximate surface area is 152 Å². The lowest BCUT2D eigenvalue weighted by Gasteiger charge is -2.24. The molecule has 1 aromatic rings. The van der Waals surface area contributed by atoms with Gasteiger partial charge in [0, 0.05) is 25.6 Å². The number of nitrogens with zero attached hydrogens (tertiary/aromatic N) is 2. The average molecular weight is 348 g/mol. The van der Waals surface area contributed by atoms with Gasteiger partial charge in [-0.25, -0.2) is 0 Å². The van der Waals surface area contributed by atoms with E-state index in [1.54, 1.807) is 0 Å². The zero-order valence-electron chi connectivity index (χ0n) is 16.0. The Balaban J connectivity index is 1.67. The quantitative estimate of drug-likeness (QED) is 0.661. The number of benzene rings is 1. The molecule has 1 saturated heterocycles. The molecule has 2 rings (SSSR count). The molecule has 1 N–H and O–H groups in total. The van der Waals surface area contributed by atoms with Crippen LogP contribution in [0.25, 0.3) is 0 Å². The molecule has 1 aromatic carbocycles. The lowest BCUT2D eigenvalue weighted by molar-refractivity contribution is -0.121. The first-order valence-electron chi connectivity index (χ1n) is 9.44. The van der Waals surface area contributed by atoms with Crippen molar-refractivity contribution in [2.24, 2.45) is 0 Å². The van der Waals surface area contributed by atoms with E-state index in [0.717, 1.165) is 18.7 Å². The van der Waals surface area contributed by atoms with Crippen LogP contribution >= 0.6 is 0 Å². The van der Waals surface area contributed by atoms with Gasteiger partial charge in [0.15, 0.2) is 0 Å². The molecule has 1 amide bonds. The fourth-order valence-electron chi connectivity index (χ4n) is 3.11. The van der Waals surface area contributed by atoms with E-state index in [4.69, 9.17) is 4.74 Å². The number of nitrogens with one attached hydrogen (secondary N) is 1. The predicted molar refractivity (Wildman–Crippen MR) is 102 cm³/mol. The van der Waals surface area contributed by atoms with E-state index in [0.29, 0.717) is 25.6 Å². The van der Waals surface area contributed by atoms with Gasteiger partial charge in [0.1, 0.15) is 5.75 Å². The van der Waals surface area contributed by atoms with Crippen LogP contribution in [0, 0.1) is 0 Å². The number of carbonyl (C=O) groups is 1. The second-order valence-electron chi connectivity index (χ2n) is 7.10. The summed E-state index contributed by atoms with van der Waals surface area (Å²) in [5, 5.41) is 2.94. The monoisotopic (exact) mass is 347 g/mol. The second-order valence-corrected chi connectivity index (χ2v) is 7.10. The molecule has 1 heterocycles. The van der Waals surface area contributed by atoms with Crippen LogP contribution in [0.3, 0.4) is 0 Å². The van der Waals surface area contributed by atoms with Crippen molar-refractivity contribution in [1.82, 2.24) is 15.1 Å². The van der Waals surface area contributed by atoms with Gasteiger partial charge >= 0.3 is 0 Å². The molecule has 0 saturated carbocycles. The SMILES string of the molecule is CC(c1cccc(OCCCNC(=O)CCN(C)C)c1)N1CCCC1. The summed E-state index contributed by atoms with van der Waals surface area (Å²) in [6, 6.07) is 8.86. The Bertz CT molecular complexity index is 527. The van der Waals surface area contributed by atoms with E-state index in [-0.39, 0.29) is 5.91 Å². The van der Waals surface area contributed by atoms with Crippen molar-refractivity contribution in [3.8, 4) is 5.75 Å². The highest BCUT2D eigenvalue weighted by atomic mass is 16.5. The van der Waals surface area contributed by atoms with Crippen LogP contribution < -0.4 is 10.1 Å². The van der Waals surface area contributed by atoms with Crippen molar-refractivity contribution in [2.45, 2.75) is 38.6 Å². The molecule has 0 spiro atoms. The number of hydrogen-bond acceptors (Lipinski definition) is 4. The van der Waals surface area contributed by atoms with E-state index in [1.807, 2.05) is 25.1 Å². The molecule has 1 aliphatic heterocycles. The molecule has 0 bridgehead atoms. The fourth-order valence-corrected chi connectivity index (χ4v) is 3.11. The fraction of sp³-hybridized carbons (Fsp3) is 0.650. The van der Waals surface area contributed by atoms with Gasteiger partial charge in [-0.3, -0.25) is 9.69 Å². The molecule has 25 heavy (non-hydrogen) atoms. The van der Waals surface area contributed by atoms with Gasteiger partial charge in [0.05, 0.1) is 6.61 Å². The minimum Gasteiger partial charge on any atom is -0.494 e. The minimum atomic E-state index is 0.107. The van der Waals surface area contributed by atoms with Crippen LogP contribution in [0.1, 0.15) is 44.2 Å². The second kappa shape index (κ2) is 10.4.